The fraction of sp³-hybridized carbons (Fsp3) is 0.600. The fourth-order valence-corrected chi connectivity index (χ4v) is 0.857. The third-order valence-corrected chi connectivity index (χ3v) is 3.84. The molecule has 0 radical (unpaired) electrons. The molecule has 0 N–H and O–H groups in total. The minimum absolute atomic E-state index is 0.0907. The number of hydrogen-bond donors (Lipinski definition) is 0. The Morgan fingerprint density at radius 3 is 1.62 bits per heavy atom. The van der Waals surface area contributed by atoms with Gasteiger partial charge in [-0.25, -0.2) is 4.39 Å². The standard InChI is InChI=1S/C5BrF8IO/c6-4(11,16-2(9)1(7)8)3(10,15)5(12,13)14. The van der Waals surface area contributed by atoms with Crippen LogP contribution in [-0.4, -0.2) is 14.6 Å². The molecule has 16 heavy (non-hydrogen) atoms. The van der Waals surface area contributed by atoms with Crippen LogP contribution in [0.1, 0.15) is 0 Å². The van der Waals surface area contributed by atoms with Gasteiger partial charge in [-0.2, -0.15) is 30.7 Å². The molecule has 1 nitrogen and oxygen atoms in total. The molecule has 0 spiro atoms. The normalized spacial score (nSPS) is 19.6. The first kappa shape index (κ1) is 16.2. The van der Waals surface area contributed by atoms with Gasteiger partial charge in [0.25, 0.3) is 0 Å². The number of rotatable bonds is 3. The third-order valence-electron chi connectivity index (χ3n) is 1.09. The summed E-state index contributed by atoms with van der Waals surface area (Å²) in [7, 11) is 0. The van der Waals surface area contributed by atoms with Gasteiger partial charge in [-0.1, -0.05) is 0 Å². The molecule has 2 atom stereocenters. The molecule has 0 amide bonds. The van der Waals surface area contributed by atoms with Gasteiger partial charge in [-0.15, -0.1) is 0 Å². The molecular formula is C5BrF8IO. The van der Waals surface area contributed by atoms with E-state index < -0.39 is 26.7 Å². The van der Waals surface area contributed by atoms with Crippen molar-refractivity contribution in [1.82, 2.24) is 0 Å². The Kier molecular flexibility index (Phi) is 4.88. The van der Waals surface area contributed by atoms with Gasteiger partial charge in [0.1, 0.15) is 0 Å². The summed E-state index contributed by atoms with van der Waals surface area (Å²) >= 11 is 1.32. The summed E-state index contributed by atoms with van der Waals surface area (Å²) in [5.41, 5.74) is 0. The molecule has 0 aromatic rings. The van der Waals surface area contributed by atoms with Gasteiger partial charge in [0.15, 0.2) is 0 Å². The van der Waals surface area contributed by atoms with Crippen molar-refractivity contribution in [2.24, 2.45) is 0 Å². The van der Waals surface area contributed by atoms with E-state index in [1.165, 1.54) is 15.9 Å². The average Bonchev–Trinajstić information content (AvgIpc) is 2.00. The fourth-order valence-electron chi connectivity index (χ4n) is 0.380. The molecule has 0 bridgehead atoms. The summed E-state index contributed by atoms with van der Waals surface area (Å²) in [6.45, 7) is 0. The summed E-state index contributed by atoms with van der Waals surface area (Å²) in [5.74, 6) is 0. The molecule has 0 aromatic carbocycles. The predicted molar refractivity (Wildman–Crippen MR) is 48.1 cm³/mol. The SMILES string of the molecule is FC(F)=C(F)OC(F)(Br)C(F)(I)C(F)(F)F. The van der Waals surface area contributed by atoms with Crippen molar-refractivity contribution in [2.45, 2.75) is 14.6 Å². The Hall–Kier alpha value is 0.190. The lowest BCUT2D eigenvalue weighted by atomic mass is 10.4. The maximum atomic E-state index is 13.0. The average molecular weight is 435 g/mol. The monoisotopic (exact) mass is 434 g/mol. The highest BCUT2D eigenvalue weighted by Crippen LogP contribution is 2.53. The van der Waals surface area contributed by atoms with E-state index in [0.29, 0.717) is 0 Å². The second-order valence-corrected chi connectivity index (χ2v) is 4.73. The lowest BCUT2D eigenvalue weighted by Gasteiger charge is -2.30. The molecule has 0 aliphatic carbocycles. The van der Waals surface area contributed by atoms with Gasteiger partial charge in [0.2, 0.25) is 0 Å². The highest BCUT2D eigenvalue weighted by atomic mass is 127. The molecule has 2 unspecified atom stereocenters. The van der Waals surface area contributed by atoms with E-state index in [4.69, 9.17) is 0 Å². The van der Waals surface area contributed by atoms with Crippen LogP contribution in [0, 0.1) is 0 Å². The number of ether oxygens (including phenoxy) is 1. The summed E-state index contributed by atoms with van der Waals surface area (Å²) in [5, 5.41) is 0. The minimum atomic E-state index is -5.81. The second kappa shape index (κ2) is 4.82. The van der Waals surface area contributed by atoms with Crippen LogP contribution in [-0.2, 0) is 4.74 Å². The van der Waals surface area contributed by atoms with Crippen LogP contribution >= 0.6 is 38.5 Å². The van der Waals surface area contributed by atoms with Crippen LogP contribution in [0.2, 0.25) is 0 Å². The van der Waals surface area contributed by atoms with Crippen molar-refractivity contribution in [3.8, 4) is 0 Å². The first-order chi connectivity index (χ1) is 6.83. The molecule has 0 heterocycles. The lowest BCUT2D eigenvalue weighted by molar-refractivity contribution is -0.250. The van der Waals surface area contributed by atoms with Gasteiger partial charge in [-0.05, 0) is 22.6 Å². The molecule has 0 saturated carbocycles. The molecule has 11 heteroatoms. The zero-order valence-electron chi connectivity index (χ0n) is 6.69. The van der Waals surface area contributed by atoms with E-state index in [1.807, 2.05) is 0 Å². The third kappa shape index (κ3) is 3.34. The van der Waals surface area contributed by atoms with E-state index in [1.54, 1.807) is 0 Å². The van der Waals surface area contributed by atoms with E-state index in [2.05, 4.69) is 4.74 Å². The topological polar surface area (TPSA) is 9.23 Å². The van der Waals surface area contributed by atoms with Crippen molar-refractivity contribution in [2.75, 3.05) is 0 Å². The Morgan fingerprint density at radius 2 is 1.38 bits per heavy atom. The quantitative estimate of drug-likeness (QED) is 0.270. The van der Waals surface area contributed by atoms with Crippen LogP contribution in [0.4, 0.5) is 35.1 Å². The van der Waals surface area contributed by atoms with E-state index in [0.717, 1.165) is 0 Å². The molecule has 0 rings (SSSR count). The van der Waals surface area contributed by atoms with Crippen LogP contribution in [0.3, 0.4) is 0 Å². The lowest BCUT2D eigenvalue weighted by Crippen LogP contribution is -2.50. The zero-order valence-corrected chi connectivity index (χ0v) is 10.4. The van der Waals surface area contributed by atoms with Crippen LogP contribution < -0.4 is 0 Å². The van der Waals surface area contributed by atoms with Crippen molar-refractivity contribution >= 4 is 38.5 Å². The first-order valence-corrected chi connectivity index (χ1v) is 4.92. The molecule has 96 valence electrons. The van der Waals surface area contributed by atoms with E-state index in [-0.39, 0.29) is 22.6 Å². The van der Waals surface area contributed by atoms with Gasteiger partial charge in [0.05, 0.1) is 0 Å². The minimum Gasteiger partial charge on any atom is -0.416 e. The number of hydrogen-bond acceptors (Lipinski definition) is 1. The van der Waals surface area contributed by atoms with Gasteiger partial charge in [0, 0.05) is 15.9 Å². The summed E-state index contributed by atoms with van der Waals surface area (Å²) in [6, 6.07) is -2.96. The summed E-state index contributed by atoms with van der Waals surface area (Å²) in [4.78, 5) is 0. The van der Waals surface area contributed by atoms with E-state index >= 15 is 0 Å². The highest BCUT2D eigenvalue weighted by Gasteiger charge is 2.70. The number of halogens is 10. The van der Waals surface area contributed by atoms with Crippen molar-refractivity contribution in [3.05, 3.63) is 12.1 Å². The maximum absolute atomic E-state index is 13.0. The van der Waals surface area contributed by atoms with E-state index in [9.17, 15) is 35.1 Å². The molecular weight excluding hydrogens is 435 g/mol. The van der Waals surface area contributed by atoms with Crippen molar-refractivity contribution in [3.63, 3.8) is 0 Å². The Morgan fingerprint density at radius 1 is 1.00 bits per heavy atom. The summed E-state index contributed by atoms with van der Waals surface area (Å²) in [6.07, 6.45) is -9.03. The highest BCUT2D eigenvalue weighted by molar-refractivity contribution is 14.1. The van der Waals surface area contributed by atoms with Crippen LogP contribution in [0.15, 0.2) is 12.1 Å². The molecule has 0 fully saturated rings. The largest absolute Gasteiger partial charge is 0.439 e. The van der Waals surface area contributed by atoms with Gasteiger partial charge >= 0.3 is 26.7 Å². The van der Waals surface area contributed by atoms with Crippen molar-refractivity contribution in [1.29, 1.82) is 0 Å². The smallest absolute Gasteiger partial charge is 0.416 e. The zero-order chi connectivity index (χ0) is 13.4. The van der Waals surface area contributed by atoms with Crippen LogP contribution in [0.5, 0.6) is 0 Å². The van der Waals surface area contributed by atoms with Gasteiger partial charge in [-0.3, -0.25) is 0 Å². The Bertz CT molecular complexity index is 293. The molecule has 0 aromatic heterocycles. The van der Waals surface area contributed by atoms with Crippen LogP contribution in [0.25, 0.3) is 0 Å². The first-order valence-electron chi connectivity index (χ1n) is 3.05. The second-order valence-electron chi connectivity index (χ2n) is 2.23. The molecule has 0 aliphatic heterocycles. The predicted octanol–water partition coefficient (Wildman–Crippen LogP) is 4.72. The number of alkyl halides is 7. The van der Waals surface area contributed by atoms with Gasteiger partial charge < -0.3 is 4.74 Å². The van der Waals surface area contributed by atoms with Crippen molar-refractivity contribution < 1.29 is 39.9 Å². The Balaban J connectivity index is 5.15. The maximum Gasteiger partial charge on any atom is 0.439 e. The Labute approximate surface area is 105 Å². The summed E-state index contributed by atoms with van der Waals surface area (Å²) < 4.78 is 90.1. The molecule has 0 aliphatic rings. The molecule has 0 saturated heterocycles.